The van der Waals surface area contributed by atoms with Crippen molar-refractivity contribution >= 4 is 5.91 Å². The van der Waals surface area contributed by atoms with E-state index in [0.29, 0.717) is 12.6 Å². The van der Waals surface area contributed by atoms with Crippen LogP contribution in [0.25, 0.3) is 0 Å². The van der Waals surface area contributed by atoms with E-state index in [4.69, 9.17) is 0 Å². The highest BCUT2D eigenvalue weighted by Crippen LogP contribution is 2.01. The largest absolute Gasteiger partial charge is 0.336 e. The van der Waals surface area contributed by atoms with Crippen molar-refractivity contribution in [2.45, 2.75) is 13.0 Å². The van der Waals surface area contributed by atoms with Gasteiger partial charge in [0.1, 0.15) is 0 Å². The van der Waals surface area contributed by atoms with Crippen LogP contribution in [0, 0.1) is 0 Å². The topological polar surface area (TPSA) is 44.4 Å². The molecule has 0 aromatic rings. The average molecular weight is 171 g/mol. The lowest BCUT2D eigenvalue weighted by molar-refractivity contribution is -0.132. The molecule has 4 heteroatoms. The van der Waals surface area contributed by atoms with E-state index in [1.54, 1.807) is 7.05 Å². The SMILES string of the molecule is CNCC(=O)N1CCNCC1C. The molecule has 0 saturated carbocycles. The number of rotatable bonds is 2. The predicted octanol–water partition coefficient (Wildman–Crippen LogP) is -0.974. The van der Waals surface area contributed by atoms with E-state index < -0.39 is 0 Å². The minimum Gasteiger partial charge on any atom is -0.336 e. The van der Waals surface area contributed by atoms with Crippen LogP contribution in [0.5, 0.6) is 0 Å². The maximum Gasteiger partial charge on any atom is 0.236 e. The van der Waals surface area contributed by atoms with Gasteiger partial charge in [0.05, 0.1) is 6.54 Å². The second-order valence-electron chi connectivity index (χ2n) is 3.17. The van der Waals surface area contributed by atoms with Crippen LogP contribution in [-0.2, 0) is 4.79 Å². The molecule has 4 nitrogen and oxygen atoms in total. The van der Waals surface area contributed by atoms with E-state index in [1.807, 2.05) is 4.90 Å². The van der Waals surface area contributed by atoms with Crippen LogP contribution in [-0.4, -0.2) is 50.1 Å². The average Bonchev–Trinajstić information content (AvgIpc) is 2.05. The zero-order chi connectivity index (χ0) is 8.97. The first-order valence-corrected chi connectivity index (χ1v) is 4.40. The fourth-order valence-corrected chi connectivity index (χ4v) is 1.46. The van der Waals surface area contributed by atoms with Gasteiger partial charge < -0.3 is 15.5 Å². The molecule has 1 aliphatic rings. The van der Waals surface area contributed by atoms with Gasteiger partial charge in [-0.3, -0.25) is 4.79 Å². The molecule has 0 aromatic carbocycles. The molecule has 1 amide bonds. The smallest absolute Gasteiger partial charge is 0.236 e. The molecule has 70 valence electrons. The molecule has 1 atom stereocenters. The van der Waals surface area contributed by atoms with Gasteiger partial charge in [0.15, 0.2) is 0 Å². The Labute approximate surface area is 73.3 Å². The molecular formula is C8H17N3O. The van der Waals surface area contributed by atoms with E-state index in [9.17, 15) is 4.79 Å². The predicted molar refractivity (Wildman–Crippen MR) is 48.0 cm³/mol. The van der Waals surface area contributed by atoms with Crippen molar-refractivity contribution in [1.82, 2.24) is 15.5 Å². The third-order valence-corrected chi connectivity index (χ3v) is 2.15. The van der Waals surface area contributed by atoms with Gasteiger partial charge in [-0.05, 0) is 14.0 Å². The summed E-state index contributed by atoms with van der Waals surface area (Å²) < 4.78 is 0. The summed E-state index contributed by atoms with van der Waals surface area (Å²) in [5.74, 6) is 0.200. The zero-order valence-electron chi connectivity index (χ0n) is 7.76. The standard InChI is InChI=1S/C8H17N3O/c1-7-5-10-3-4-11(7)8(12)6-9-2/h7,9-10H,3-6H2,1-2H3. The minimum atomic E-state index is 0.200. The van der Waals surface area contributed by atoms with Crippen LogP contribution >= 0.6 is 0 Å². The monoisotopic (exact) mass is 171 g/mol. The van der Waals surface area contributed by atoms with E-state index in [1.165, 1.54) is 0 Å². The van der Waals surface area contributed by atoms with Gasteiger partial charge in [-0.25, -0.2) is 0 Å². The summed E-state index contributed by atoms with van der Waals surface area (Å²) in [5.41, 5.74) is 0. The summed E-state index contributed by atoms with van der Waals surface area (Å²) in [6.07, 6.45) is 0. The highest BCUT2D eigenvalue weighted by atomic mass is 16.2. The van der Waals surface area contributed by atoms with Gasteiger partial charge in [0, 0.05) is 25.7 Å². The summed E-state index contributed by atoms with van der Waals surface area (Å²) in [7, 11) is 1.80. The first-order chi connectivity index (χ1) is 5.75. The Morgan fingerprint density at radius 1 is 1.75 bits per heavy atom. The number of nitrogens with one attached hydrogen (secondary N) is 2. The number of hydrogen-bond acceptors (Lipinski definition) is 3. The lowest BCUT2D eigenvalue weighted by atomic mass is 10.2. The lowest BCUT2D eigenvalue weighted by Gasteiger charge is -2.33. The Bertz CT molecular complexity index is 160. The quantitative estimate of drug-likeness (QED) is 0.561. The number of carbonyl (C=O) groups excluding carboxylic acids is 1. The van der Waals surface area contributed by atoms with Gasteiger partial charge >= 0.3 is 0 Å². The highest BCUT2D eigenvalue weighted by Gasteiger charge is 2.21. The van der Waals surface area contributed by atoms with Crippen molar-refractivity contribution in [1.29, 1.82) is 0 Å². The fraction of sp³-hybridized carbons (Fsp3) is 0.875. The molecule has 1 rings (SSSR count). The lowest BCUT2D eigenvalue weighted by Crippen LogP contribution is -2.54. The molecule has 1 unspecified atom stereocenters. The second-order valence-corrected chi connectivity index (χ2v) is 3.17. The Morgan fingerprint density at radius 2 is 2.50 bits per heavy atom. The minimum absolute atomic E-state index is 0.200. The Balaban J connectivity index is 2.42. The van der Waals surface area contributed by atoms with Crippen molar-refractivity contribution in [2.75, 3.05) is 33.2 Å². The van der Waals surface area contributed by atoms with Crippen molar-refractivity contribution in [3.63, 3.8) is 0 Å². The molecule has 1 saturated heterocycles. The third kappa shape index (κ3) is 2.19. The summed E-state index contributed by atoms with van der Waals surface area (Å²) >= 11 is 0. The Morgan fingerprint density at radius 3 is 3.08 bits per heavy atom. The molecule has 2 N–H and O–H groups in total. The number of piperazine rings is 1. The molecule has 1 aliphatic heterocycles. The number of hydrogen-bond donors (Lipinski definition) is 2. The fourth-order valence-electron chi connectivity index (χ4n) is 1.46. The van der Waals surface area contributed by atoms with E-state index in [0.717, 1.165) is 19.6 Å². The molecular weight excluding hydrogens is 154 g/mol. The second kappa shape index (κ2) is 4.42. The molecule has 12 heavy (non-hydrogen) atoms. The number of likely N-dealkylation sites (N-methyl/N-ethyl adjacent to an activating group) is 1. The first kappa shape index (κ1) is 9.48. The summed E-state index contributed by atoms with van der Waals surface area (Å²) in [6.45, 7) is 5.18. The van der Waals surface area contributed by atoms with E-state index >= 15 is 0 Å². The third-order valence-electron chi connectivity index (χ3n) is 2.15. The molecule has 0 spiro atoms. The number of carbonyl (C=O) groups is 1. The zero-order valence-corrected chi connectivity index (χ0v) is 7.76. The van der Waals surface area contributed by atoms with Crippen LogP contribution < -0.4 is 10.6 Å². The van der Waals surface area contributed by atoms with Crippen molar-refractivity contribution in [3.05, 3.63) is 0 Å². The molecule has 0 radical (unpaired) electrons. The maximum absolute atomic E-state index is 11.4. The number of nitrogens with zero attached hydrogens (tertiary/aromatic N) is 1. The summed E-state index contributed by atoms with van der Waals surface area (Å²) in [5, 5.41) is 6.12. The van der Waals surface area contributed by atoms with Crippen LogP contribution in [0.15, 0.2) is 0 Å². The molecule has 0 aromatic heterocycles. The first-order valence-electron chi connectivity index (χ1n) is 4.40. The summed E-state index contributed by atoms with van der Waals surface area (Å²) in [6, 6.07) is 0.333. The van der Waals surface area contributed by atoms with Crippen LogP contribution in [0.3, 0.4) is 0 Å². The van der Waals surface area contributed by atoms with Crippen molar-refractivity contribution in [3.8, 4) is 0 Å². The normalized spacial score (nSPS) is 24.2. The maximum atomic E-state index is 11.4. The molecule has 0 aliphatic carbocycles. The van der Waals surface area contributed by atoms with Crippen LogP contribution in [0.2, 0.25) is 0 Å². The highest BCUT2D eigenvalue weighted by molar-refractivity contribution is 5.78. The van der Waals surface area contributed by atoms with Gasteiger partial charge in [-0.2, -0.15) is 0 Å². The van der Waals surface area contributed by atoms with E-state index in [2.05, 4.69) is 17.6 Å². The summed E-state index contributed by atoms with van der Waals surface area (Å²) in [4.78, 5) is 13.4. The Hall–Kier alpha value is -0.610. The van der Waals surface area contributed by atoms with E-state index in [-0.39, 0.29) is 5.91 Å². The van der Waals surface area contributed by atoms with Crippen molar-refractivity contribution < 1.29 is 4.79 Å². The van der Waals surface area contributed by atoms with Crippen LogP contribution in [0.4, 0.5) is 0 Å². The number of amides is 1. The Kier molecular flexibility index (Phi) is 3.49. The van der Waals surface area contributed by atoms with Gasteiger partial charge in [0.25, 0.3) is 0 Å². The van der Waals surface area contributed by atoms with Gasteiger partial charge in [0.2, 0.25) is 5.91 Å². The molecule has 1 heterocycles. The molecule has 1 fully saturated rings. The van der Waals surface area contributed by atoms with Crippen molar-refractivity contribution in [2.24, 2.45) is 0 Å². The van der Waals surface area contributed by atoms with Gasteiger partial charge in [-0.15, -0.1) is 0 Å². The molecule has 0 bridgehead atoms. The van der Waals surface area contributed by atoms with Gasteiger partial charge in [-0.1, -0.05) is 0 Å². The van der Waals surface area contributed by atoms with Crippen LogP contribution in [0.1, 0.15) is 6.92 Å².